The zero-order valence-electron chi connectivity index (χ0n) is 13.0. The molecule has 4 heteroatoms. The van der Waals surface area contributed by atoms with Gasteiger partial charge in [0.25, 0.3) is 0 Å². The van der Waals surface area contributed by atoms with Gasteiger partial charge in [-0.3, -0.25) is 4.79 Å². The highest BCUT2D eigenvalue weighted by Gasteiger charge is 2.14. The van der Waals surface area contributed by atoms with E-state index in [2.05, 4.69) is 11.4 Å². The Labute approximate surface area is 125 Å². The number of carbonyl (C=O) groups excluding carboxylic acids is 1. The van der Waals surface area contributed by atoms with Gasteiger partial charge in [-0.05, 0) is 24.5 Å². The highest BCUT2D eigenvalue weighted by atomic mass is 16.3. The molecule has 2 N–H and O–H groups in total. The lowest BCUT2D eigenvalue weighted by atomic mass is 10.0. The van der Waals surface area contributed by atoms with Gasteiger partial charge in [0.1, 0.15) is 6.54 Å². The summed E-state index contributed by atoms with van der Waals surface area (Å²) in [6.45, 7) is 6.65. The molecule has 0 saturated carbocycles. The van der Waals surface area contributed by atoms with E-state index in [4.69, 9.17) is 0 Å². The summed E-state index contributed by atoms with van der Waals surface area (Å²) in [6.07, 6.45) is 2.41. The van der Waals surface area contributed by atoms with Crippen molar-refractivity contribution in [1.29, 1.82) is 0 Å². The van der Waals surface area contributed by atoms with Crippen LogP contribution in [-0.4, -0.2) is 28.2 Å². The SMILES string of the molecule is CCC(C)C(O)CNC(=O)Cn1cc(C)c2ccccc21. The van der Waals surface area contributed by atoms with Crippen LogP contribution in [0.15, 0.2) is 30.5 Å². The quantitative estimate of drug-likeness (QED) is 0.858. The Morgan fingerprint density at radius 2 is 2.10 bits per heavy atom. The molecule has 0 saturated heterocycles. The lowest BCUT2D eigenvalue weighted by Gasteiger charge is -2.17. The maximum absolute atomic E-state index is 12.0. The van der Waals surface area contributed by atoms with Crippen molar-refractivity contribution in [3.8, 4) is 0 Å². The van der Waals surface area contributed by atoms with Gasteiger partial charge in [0.05, 0.1) is 6.10 Å². The number of fused-ring (bicyclic) bond motifs is 1. The van der Waals surface area contributed by atoms with Gasteiger partial charge in [-0.1, -0.05) is 38.5 Å². The minimum atomic E-state index is -0.484. The number of nitrogens with one attached hydrogen (secondary N) is 1. The number of aliphatic hydroxyl groups excluding tert-OH is 1. The zero-order valence-corrected chi connectivity index (χ0v) is 13.0. The average molecular weight is 288 g/mol. The van der Waals surface area contributed by atoms with Crippen LogP contribution in [0, 0.1) is 12.8 Å². The lowest BCUT2D eigenvalue weighted by Crippen LogP contribution is -2.36. The number of amides is 1. The molecule has 4 nitrogen and oxygen atoms in total. The first kappa shape index (κ1) is 15.6. The van der Waals surface area contributed by atoms with Crippen LogP contribution < -0.4 is 5.32 Å². The van der Waals surface area contributed by atoms with Crippen LogP contribution in [0.1, 0.15) is 25.8 Å². The second-order valence-corrected chi connectivity index (χ2v) is 5.71. The van der Waals surface area contributed by atoms with E-state index in [1.165, 1.54) is 5.39 Å². The standard InChI is InChI=1S/C17H24N2O2/c1-4-12(2)16(20)9-18-17(21)11-19-10-13(3)14-7-5-6-8-15(14)19/h5-8,10,12,16,20H,4,9,11H2,1-3H3,(H,18,21). The van der Waals surface area contributed by atoms with Gasteiger partial charge in [0.2, 0.25) is 5.91 Å². The van der Waals surface area contributed by atoms with Crippen LogP contribution in [0.3, 0.4) is 0 Å². The number of carbonyl (C=O) groups is 1. The summed E-state index contributed by atoms with van der Waals surface area (Å²) in [6, 6.07) is 8.06. The fourth-order valence-corrected chi connectivity index (χ4v) is 2.46. The molecule has 21 heavy (non-hydrogen) atoms. The summed E-state index contributed by atoms with van der Waals surface area (Å²) in [7, 11) is 0. The number of hydrogen-bond donors (Lipinski definition) is 2. The van der Waals surface area contributed by atoms with Gasteiger partial charge in [0, 0.05) is 23.6 Å². The first-order valence-corrected chi connectivity index (χ1v) is 7.52. The normalized spacial score (nSPS) is 14.1. The average Bonchev–Trinajstić information content (AvgIpc) is 2.80. The van der Waals surface area contributed by atoms with Gasteiger partial charge < -0.3 is 15.0 Å². The van der Waals surface area contributed by atoms with Crippen molar-refractivity contribution in [1.82, 2.24) is 9.88 Å². The number of aromatic nitrogens is 1. The van der Waals surface area contributed by atoms with E-state index < -0.39 is 6.10 Å². The van der Waals surface area contributed by atoms with Crippen LogP contribution in [0.2, 0.25) is 0 Å². The first-order chi connectivity index (χ1) is 10.0. The molecule has 0 bridgehead atoms. The molecule has 1 heterocycles. The summed E-state index contributed by atoms with van der Waals surface area (Å²) in [5.41, 5.74) is 2.23. The van der Waals surface area contributed by atoms with Gasteiger partial charge in [-0.25, -0.2) is 0 Å². The van der Waals surface area contributed by atoms with E-state index in [-0.39, 0.29) is 18.4 Å². The molecule has 0 aliphatic rings. The number of aryl methyl sites for hydroxylation is 1. The Morgan fingerprint density at radius 1 is 1.38 bits per heavy atom. The third-order valence-electron chi connectivity index (χ3n) is 4.11. The van der Waals surface area contributed by atoms with Gasteiger partial charge >= 0.3 is 0 Å². The van der Waals surface area contributed by atoms with E-state index in [0.29, 0.717) is 6.54 Å². The smallest absolute Gasteiger partial charge is 0.240 e. The Bertz CT molecular complexity index is 618. The molecule has 0 spiro atoms. The monoisotopic (exact) mass is 288 g/mol. The fourth-order valence-electron chi connectivity index (χ4n) is 2.46. The van der Waals surface area contributed by atoms with Crippen molar-refractivity contribution in [2.24, 2.45) is 5.92 Å². The third kappa shape index (κ3) is 3.64. The Hall–Kier alpha value is -1.81. The highest BCUT2D eigenvalue weighted by Crippen LogP contribution is 2.20. The van der Waals surface area contributed by atoms with Crippen LogP contribution >= 0.6 is 0 Å². The van der Waals surface area contributed by atoms with Crippen LogP contribution in [-0.2, 0) is 11.3 Å². The molecule has 1 aromatic heterocycles. The van der Waals surface area contributed by atoms with Crippen molar-refractivity contribution >= 4 is 16.8 Å². The Kier molecular flexibility index (Phi) is 5.02. The van der Waals surface area contributed by atoms with Crippen molar-refractivity contribution in [3.63, 3.8) is 0 Å². The van der Waals surface area contributed by atoms with E-state index in [1.54, 1.807) is 0 Å². The second kappa shape index (κ2) is 6.76. The summed E-state index contributed by atoms with van der Waals surface area (Å²) >= 11 is 0. The van der Waals surface area contributed by atoms with Crippen LogP contribution in [0.4, 0.5) is 0 Å². The molecule has 0 aliphatic carbocycles. The largest absolute Gasteiger partial charge is 0.391 e. The van der Waals surface area contributed by atoms with E-state index in [9.17, 15) is 9.90 Å². The molecule has 2 unspecified atom stereocenters. The first-order valence-electron chi connectivity index (χ1n) is 7.52. The predicted octanol–water partition coefficient (Wildman–Crippen LogP) is 2.47. The van der Waals surface area contributed by atoms with E-state index in [1.807, 2.05) is 49.7 Å². The molecule has 114 valence electrons. The molecular formula is C17H24N2O2. The topological polar surface area (TPSA) is 54.3 Å². The molecule has 0 radical (unpaired) electrons. The van der Waals surface area contributed by atoms with Crippen molar-refractivity contribution in [3.05, 3.63) is 36.0 Å². The van der Waals surface area contributed by atoms with Gasteiger partial charge in [0.15, 0.2) is 0 Å². The number of benzene rings is 1. The zero-order chi connectivity index (χ0) is 15.4. The van der Waals surface area contributed by atoms with E-state index >= 15 is 0 Å². The van der Waals surface area contributed by atoms with Crippen molar-refractivity contribution in [2.75, 3.05) is 6.54 Å². The molecular weight excluding hydrogens is 264 g/mol. The molecule has 0 fully saturated rings. The molecule has 2 atom stereocenters. The molecule has 0 aliphatic heterocycles. The number of rotatable bonds is 6. The van der Waals surface area contributed by atoms with Crippen LogP contribution in [0.25, 0.3) is 10.9 Å². The second-order valence-electron chi connectivity index (χ2n) is 5.71. The van der Waals surface area contributed by atoms with E-state index in [0.717, 1.165) is 17.5 Å². The summed E-state index contributed by atoms with van der Waals surface area (Å²) in [5, 5.41) is 13.9. The van der Waals surface area contributed by atoms with Gasteiger partial charge in [-0.2, -0.15) is 0 Å². The Morgan fingerprint density at radius 3 is 2.81 bits per heavy atom. The highest BCUT2D eigenvalue weighted by molar-refractivity contribution is 5.85. The summed E-state index contributed by atoms with van der Waals surface area (Å²) in [5.74, 6) is 0.123. The molecule has 2 aromatic rings. The molecule has 2 rings (SSSR count). The Balaban J connectivity index is 1.99. The van der Waals surface area contributed by atoms with Crippen molar-refractivity contribution in [2.45, 2.75) is 39.8 Å². The third-order valence-corrected chi connectivity index (χ3v) is 4.11. The minimum Gasteiger partial charge on any atom is -0.391 e. The maximum Gasteiger partial charge on any atom is 0.240 e. The van der Waals surface area contributed by atoms with Crippen LogP contribution in [0.5, 0.6) is 0 Å². The molecule has 1 aromatic carbocycles. The minimum absolute atomic E-state index is 0.0712. The fraction of sp³-hybridized carbons (Fsp3) is 0.471. The number of nitrogens with zero attached hydrogens (tertiary/aromatic N) is 1. The van der Waals surface area contributed by atoms with Gasteiger partial charge in [-0.15, -0.1) is 0 Å². The number of para-hydroxylation sites is 1. The molecule has 1 amide bonds. The predicted molar refractivity (Wildman–Crippen MR) is 85.1 cm³/mol. The summed E-state index contributed by atoms with van der Waals surface area (Å²) < 4.78 is 1.95. The lowest BCUT2D eigenvalue weighted by molar-refractivity contribution is -0.122. The summed E-state index contributed by atoms with van der Waals surface area (Å²) in [4.78, 5) is 12.0. The number of aliphatic hydroxyl groups is 1. The van der Waals surface area contributed by atoms with Crippen molar-refractivity contribution < 1.29 is 9.90 Å². The maximum atomic E-state index is 12.0. The number of hydrogen-bond acceptors (Lipinski definition) is 2.